The van der Waals surface area contributed by atoms with Gasteiger partial charge in [-0.25, -0.2) is 0 Å². The van der Waals surface area contributed by atoms with Gasteiger partial charge in [-0.15, -0.1) is 0 Å². The van der Waals surface area contributed by atoms with Gasteiger partial charge in [0.05, 0.1) is 27.0 Å². The lowest BCUT2D eigenvalue weighted by atomic mass is 10.1. The summed E-state index contributed by atoms with van der Waals surface area (Å²) in [4.78, 5) is 23.6. The van der Waals surface area contributed by atoms with Crippen molar-refractivity contribution in [1.29, 1.82) is 0 Å². The molecule has 0 aliphatic carbocycles. The zero-order valence-electron chi connectivity index (χ0n) is 15.9. The maximum Gasteiger partial charge on any atom is 0.224 e. The summed E-state index contributed by atoms with van der Waals surface area (Å²) in [5.74, 6) is 1.45. The molecule has 0 fully saturated rings. The van der Waals surface area contributed by atoms with Crippen molar-refractivity contribution in [3.8, 4) is 17.2 Å². The zero-order valence-corrected chi connectivity index (χ0v) is 15.9. The van der Waals surface area contributed by atoms with E-state index in [-0.39, 0.29) is 11.8 Å². The molecular weight excluding hydrogens is 348 g/mol. The minimum absolute atomic E-state index is 0.135. The highest BCUT2D eigenvalue weighted by molar-refractivity contribution is 5.94. The van der Waals surface area contributed by atoms with Gasteiger partial charge in [0, 0.05) is 19.0 Å². The summed E-state index contributed by atoms with van der Waals surface area (Å²) in [5, 5.41) is 5.50. The lowest BCUT2D eigenvalue weighted by molar-refractivity contribution is -0.116. The molecule has 0 aliphatic rings. The number of hydrogen-bond acceptors (Lipinski definition) is 5. The molecule has 0 atom stereocenters. The van der Waals surface area contributed by atoms with Gasteiger partial charge in [-0.2, -0.15) is 0 Å². The second kappa shape index (κ2) is 9.47. The molecule has 0 heterocycles. The molecule has 27 heavy (non-hydrogen) atoms. The number of amides is 2. The summed E-state index contributed by atoms with van der Waals surface area (Å²) in [6, 6.07) is 10.6. The summed E-state index contributed by atoms with van der Waals surface area (Å²) >= 11 is 0. The number of anilines is 2. The number of benzene rings is 2. The first-order chi connectivity index (χ1) is 13.0. The molecule has 0 unspecified atom stereocenters. The SMILES string of the molecule is COc1ccc(NC(=O)CCc2ccc(OC)c(OC)c2)cc1NC(C)=O. The Hall–Kier alpha value is -3.22. The third kappa shape index (κ3) is 5.64. The van der Waals surface area contributed by atoms with Crippen molar-refractivity contribution in [1.82, 2.24) is 0 Å². The van der Waals surface area contributed by atoms with Crippen LogP contribution in [0.15, 0.2) is 36.4 Å². The van der Waals surface area contributed by atoms with Gasteiger partial charge >= 0.3 is 0 Å². The van der Waals surface area contributed by atoms with Crippen LogP contribution in [0.4, 0.5) is 11.4 Å². The number of ether oxygens (including phenoxy) is 3. The van der Waals surface area contributed by atoms with E-state index < -0.39 is 0 Å². The predicted molar refractivity (Wildman–Crippen MR) is 104 cm³/mol. The van der Waals surface area contributed by atoms with E-state index in [1.54, 1.807) is 32.4 Å². The predicted octanol–water partition coefficient (Wildman–Crippen LogP) is 3.24. The highest BCUT2D eigenvalue weighted by atomic mass is 16.5. The van der Waals surface area contributed by atoms with Gasteiger partial charge in [0.2, 0.25) is 11.8 Å². The van der Waals surface area contributed by atoms with Crippen molar-refractivity contribution in [3.05, 3.63) is 42.0 Å². The fourth-order valence-corrected chi connectivity index (χ4v) is 2.59. The number of aryl methyl sites for hydroxylation is 1. The number of hydrogen-bond donors (Lipinski definition) is 2. The molecule has 7 heteroatoms. The summed E-state index contributed by atoms with van der Waals surface area (Å²) in [5.41, 5.74) is 2.05. The number of nitrogens with one attached hydrogen (secondary N) is 2. The number of carbonyl (C=O) groups excluding carboxylic acids is 2. The highest BCUT2D eigenvalue weighted by Gasteiger charge is 2.10. The van der Waals surface area contributed by atoms with E-state index in [4.69, 9.17) is 14.2 Å². The Bertz CT molecular complexity index is 820. The Morgan fingerprint density at radius 3 is 2.15 bits per heavy atom. The summed E-state index contributed by atoms with van der Waals surface area (Å²) in [7, 11) is 4.67. The zero-order chi connectivity index (χ0) is 19.8. The minimum atomic E-state index is -0.217. The standard InChI is InChI=1S/C20H24N2O5/c1-13(23)21-16-12-15(7-9-17(16)25-2)22-20(24)10-6-14-5-8-18(26-3)19(11-14)27-4/h5,7-9,11-12H,6,10H2,1-4H3,(H,21,23)(H,22,24). The molecule has 2 rings (SSSR count). The Morgan fingerprint density at radius 2 is 1.52 bits per heavy atom. The average molecular weight is 372 g/mol. The number of rotatable bonds is 8. The topological polar surface area (TPSA) is 85.9 Å². The first kappa shape index (κ1) is 20.1. The van der Waals surface area contributed by atoms with Gasteiger partial charge < -0.3 is 24.8 Å². The molecular formula is C20H24N2O5. The molecule has 144 valence electrons. The van der Waals surface area contributed by atoms with Crippen molar-refractivity contribution < 1.29 is 23.8 Å². The number of carbonyl (C=O) groups is 2. The highest BCUT2D eigenvalue weighted by Crippen LogP contribution is 2.29. The molecule has 7 nitrogen and oxygen atoms in total. The van der Waals surface area contributed by atoms with Crippen molar-refractivity contribution in [2.45, 2.75) is 19.8 Å². The fourth-order valence-electron chi connectivity index (χ4n) is 2.59. The summed E-state index contributed by atoms with van der Waals surface area (Å²) < 4.78 is 15.7. The number of methoxy groups -OCH3 is 3. The first-order valence-corrected chi connectivity index (χ1v) is 8.43. The van der Waals surface area contributed by atoms with Gasteiger partial charge in [0.15, 0.2) is 11.5 Å². The molecule has 2 amide bonds. The van der Waals surface area contributed by atoms with Crippen LogP contribution in [0.25, 0.3) is 0 Å². The largest absolute Gasteiger partial charge is 0.495 e. The molecule has 0 radical (unpaired) electrons. The Kier molecular flexibility index (Phi) is 7.05. The van der Waals surface area contributed by atoms with E-state index in [1.807, 2.05) is 18.2 Å². The van der Waals surface area contributed by atoms with Gasteiger partial charge in [0.25, 0.3) is 0 Å². The molecule has 0 aliphatic heterocycles. The second-order valence-corrected chi connectivity index (χ2v) is 5.83. The Morgan fingerprint density at radius 1 is 0.852 bits per heavy atom. The van der Waals surface area contributed by atoms with Crippen molar-refractivity contribution in [2.24, 2.45) is 0 Å². The van der Waals surface area contributed by atoms with Gasteiger partial charge in [-0.1, -0.05) is 6.07 Å². The smallest absolute Gasteiger partial charge is 0.224 e. The molecule has 0 aromatic heterocycles. The Labute approximate surface area is 158 Å². The fraction of sp³-hybridized carbons (Fsp3) is 0.300. The maximum atomic E-state index is 12.3. The van der Waals surface area contributed by atoms with Crippen molar-refractivity contribution in [3.63, 3.8) is 0 Å². The van der Waals surface area contributed by atoms with Crippen LogP contribution in [-0.4, -0.2) is 33.1 Å². The quantitative estimate of drug-likeness (QED) is 0.743. The van der Waals surface area contributed by atoms with Crippen molar-refractivity contribution >= 4 is 23.2 Å². The lowest BCUT2D eigenvalue weighted by Gasteiger charge is -2.12. The van der Waals surface area contributed by atoms with Crippen LogP contribution in [0.3, 0.4) is 0 Å². The molecule has 0 saturated carbocycles. The van der Waals surface area contributed by atoms with Crippen LogP contribution in [0.2, 0.25) is 0 Å². The van der Waals surface area contributed by atoms with Gasteiger partial charge in [-0.05, 0) is 42.3 Å². The van der Waals surface area contributed by atoms with E-state index in [2.05, 4.69) is 10.6 Å². The molecule has 2 N–H and O–H groups in total. The molecule has 0 saturated heterocycles. The first-order valence-electron chi connectivity index (χ1n) is 8.43. The lowest BCUT2D eigenvalue weighted by Crippen LogP contribution is -2.13. The van der Waals surface area contributed by atoms with E-state index in [1.165, 1.54) is 14.0 Å². The Balaban J connectivity index is 2.00. The van der Waals surface area contributed by atoms with E-state index >= 15 is 0 Å². The monoisotopic (exact) mass is 372 g/mol. The van der Waals surface area contributed by atoms with E-state index in [0.29, 0.717) is 41.5 Å². The third-order valence-corrected chi connectivity index (χ3v) is 3.88. The van der Waals surface area contributed by atoms with Gasteiger partial charge in [0.1, 0.15) is 5.75 Å². The summed E-state index contributed by atoms with van der Waals surface area (Å²) in [6.45, 7) is 1.41. The van der Waals surface area contributed by atoms with Crippen LogP contribution in [0, 0.1) is 0 Å². The second-order valence-electron chi connectivity index (χ2n) is 5.83. The van der Waals surface area contributed by atoms with E-state index in [9.17, 15) is 9.59 Å². The third-order valence-electron chi connectivity index (χ3n) is 3.88. The van der Waals surface area contributed by atoms with Crippen LogP contribution < -0.4 is 24.8 Å². The van der Waals surface area contributed by atoms with Crippen LogP contribution >= 0.6 is 0 Å². The molecule has 0 bridgehead atoms. The van der Waals surface area contributed by atoms with E-state index in [0.717, 1.165) is 5.56 Å². The van der Waals surface area contributed by atoms with Crippen molar-refractivity contribution in [2.75, 3.05) is 32.0 Å². The minimum Gasteiger partial charge on any atom is -0.495 e. The average Bonchev–Trinajstić information content (AvgIpc) is 2.66. The normalized spacial score (nSPS) is 10.1. The summed E-state index contributed by atoms with van der Waals surface area (Å²) in [6.07, 6.45) is 0.859. The van der Waals surface area contributed by atoms with Crippen LogP contribution in [-0.2, 0) is 16.0 Å². The molecule has 2 aromatic rings. The molecule has 0 spiro atoms. The maximum absolute atomic E-state index is 12.3. The van der Waals surface area contributed by atoms with Gasteiger partial charge in [-0.3, -0.25) is 9.59 Å². The van der Waals surface area contributed by atoms with Crippen LogP contribution in [0.5, 0.6) is 17.2 Å². The molecule has 2 aromatic carbocycles. The van der Waals surface area contributed by atoms with Crippen LogP contribution in [0.1, 0.15) is 18.9 Å².